The normalized spacial score (nSPS) is 26.2. The van der Waals surface area contributed by atoms with E-state index in [0.29, 0.717) is 13.2 Å². The Hall–Kier alpha value is -1.55. The van der Waals surface area contributed by atoms with Crippen LogP contribution >= 0.6 is 0 Å². The molecule has 1 saturated heterocycles. The van der Waals surface area contributed by atoms with E-state index in [2.05, 4.69) is 12.2 Å². The minimum atomic E-state index is -0.224. The van der Waals surface area contributed by atoms with Crippen molar-refractivity contribution in [2.75, 3.05) is 26.8 Å². The quantitative estimate of drug-likeness (QED) is 0.841. The molecule has 0 spiro atoms. The minimum Gasteiger partial charge on any atom is -0.497 e. The summed E-state index contributed by atoms with van der Waals surface area (Å²) in [7, 11) is 1.65. The second-order valence-electron chi connectivity index (χ2n) is 5.08. The smallest absolute Gasteiger partial charge is 0.311 e. The van der Waals surface area contributed by atoms with Crippen molar-refractivity contribution in [3.05, 3.63) is 29.8 Å². The molecule has 0 amide bonds. The molecule has 104 valence electrons. The molecule has 1 heterocycles. The van der Waals surface area contributed by atoms with Crippen LogP contribution in [0, 0.1) is 5.92 Å². The SMILES string of the molecule is CCOC(=O)C1CNCC1(C)c1ccc(OC)cc1. The Kier molecular flexibility index (Phi) is 4.10. The van der Waals surface area contributed by atoms with Crippen molar-refractivity contribution < 1.29 is 14.3 Å². The standard InChI is InChI=1S/C15H21NO3/c1-4-19-14(17)13-9-16-10-15(13,2)11-5-7-12(18-3)8-6-11/h5-8,13,16H,4,9-10H2,1-3H3. The number of hydrogen-bond donors (Lipinski definition) is 1. The fourth-order valence-corrected chi connectivity index (χ4v) is 2.69. The van der Waals surface area contributed by atoms with Gasteiger partial charge in [0.2, 0.25) is 0 Å². The first-order valence-electron chi connectivity index (χ1n) is 6.63. The second kappa shape index (κ2) is 5.61. The highest BCUT2D eigenvalue weighted by atomic mass is 16.5. The number of carbonyl (C=O) groups excluding carboxylic acids is 1. The van der Waals surface area contributed by atoms with Gasteiger partial charge in [-0.15, -0.1) is 0 Å². The minimum absolute atomic E-state index is 0.120. The Morgan fingerprint density at radius 3 is 2.68 bits per heavy atom. The average molecular weight is 263 g/mol. The summed E-state index contributed by atoms with van der Waals surface area (Å²) in [5.41, 5.74) is 0.912. The lowest BCUT2D eigenvalue weighted by atomic mass is 9.74. The zero-order valence-electron chi connectivity index (χ0n) is 11.7. The molecule has 1 aliphatic rings. The first-order chi connectivity index (χ1) is 9.11. The van der Waals surface area contributed by atoms with E-state index in [-0.39, 0.29) is 17.3 Å². The maximum absolute atomic E-state index is 12.1. The molecule has 1 fully saturated rings. The van der Waals surface area contributed by atoms with Crippen molar-refractivity contribution in [2.24, 2.45) is 5.92 Å². The molecular formula is C15H21NO3. The van der Waals surface area contributed by atoms with Crippen molar-refractivity contribution in [2.45, 2.75) is 19.3 Å². The first-order valence-corrected chi connectivity index (χ1v) is 6.63. The maximum Gasteiger partial charge on any atom is 0.311 e. The lowest BCUT2D eigenvalue weighted by molar-refractivity contribution is -0.149. The fourth-order valence-electron chi connectivity index (χ4n) is 2.69. The van der Waals surface area contributed by atoms with Crippen LogP contribution in [0.3, 0.4) is 0 Å². The van der Waals surface area contributed by atoms with Crippen LogP contribution in [0.4, 0.5) is 0 Å². The summed E-state index contributed by atoms with van der Waals surface area (Å²) in [6.07, 6.45) is 0. The highest BCUT2D eigenvalue weighted by molar-refractivity contribution is 5.75. The Morgan fingerprint density at radius 1 is 1.42 bits per heavy atom. The van der Waals surface area contributed by atoms with Crippen LogP contribution in [-0.4, -0.2) is 32.8 Å². The predicted molar refractivity (Wildman–Crippen MR) is 73.3 cm³/mol. The molecule has 1 aromatic rings. The Morgan fingerprint density at radius 2 is 2.11 bits per heavy atom. The van der Waals surface area contributed by atoms with E-state index in [4.69, 9.17) is 9.47 Å². The summed E-state index contributed by atoms with van der Waals surface area (Å²) in [6, 6.07) is 7.92. The molecule has 1 aromatic carbocycles. The number of benzene rings is 1. The summed E-state index contributed by atoms with van der Waals surface area (Å²) >= 11 is 0. The summed E-state index contributed by atoms with van der Waals surface area (Å²) < 4.78 is 10.4. The van der Waals surface area contributed by atoms with E-state index in [1.54, 1.807) is 7.11 Å². The number of rotatable bonds is 4. The van der Waals surface area contributed by atoms with Gasteiger partial charge in [-0.2, -0.15) is 0 Å². The van der Waals surface area contributed by atoms with E-state index < -0.39 is 0 Å². The van der Waals surface area contributed by atoms with Crippen LogP contribution in [-0.2, 0) is 14.9 Å². The van der Waals surface area contributed by atoms with Gasteiger partial charge in [0.25, 0.3) is 0 Å². The Bertz CT molecular complexity index is 443. The van der Waals surface area contributed by atoms with Crippen molar-refractivity contribution in [3.8, 4) is 5.75 Å². The third kappa shape index (κ3) is 2.59. The highest BCUT2D eigenvalue weighted by Crippen LogP contribution is 2.36. The molecule has 0 radical (unpaired) electrons. The van der Waals surface area contributed by atoms with Gasteiger partial charge in [0.05, 0.1) is 19.6 Å². The zero-order valence-corrected chi connectivity index (χ0v) is 11.7. The molecule has 0 bridgehead atoms. The number of methoxy groups -OCH3 is 1. The van der Waals surface area contributed by atoms with Crippen LogP contribution in [0.1, 0.15) is 19.4 Å². The lowest BCUT2D eigenvalue weighted by Crippen LogP contribution is -2.37. The number of hydrogen-bond acceptors (Lipinski definition) is 4. The van der Waals surface area contributed by atoms with Crippen molar-refractivity contribution >= 4 is 5.97 Å². The van der Waals surface area contributed by atoms with E-state index in [1.165, 1.54) is 0 Å². The van der Waals surface area contributed by atoms with E-state index in [9.17, 15) is 4.79 Å². The van der Waals surface area contributed by atoms with Gasteiger partial charge in [0.15, 0.2) is 0 Å². The molecular weight excluding hydrogens is 242 g/mol. The van der Waals surface area contributed by atoms with Gasteiger partial charge in [0.1, 0.15) is 5.75 Å². The number of carbonyl (C=O) groups is 1. The van der Waals surface area contributed by atoms with Crippen molar-refractivity contribution in [1.82, 2.24) is 5.32 Å². The molecule has 2 atom stereocenters. The third-order valence-corrected chi connectivity index (χ3v) is 3.93. The Labute approximate surface area is 114 Å². The van der Waals surface area contributed by atoms with Gasteiger partial charge >= 0.3 is 5.97 Å². The Balaban J connectivity index is 2.25. The maximum atomic E-state index is 12.1. The molecule has 1 aliphatic heterocycles. The molecule has 4 nitrogen and oxygen atoms in total. The molecule has 2 unspecified atom stereocenters. The van der Waals surface area contributed by atoms with Gasteiger partial charge < -0.3 is 14.8 Å². The van der Waals surface area contributed by atoms with E-state index in [1.807, 2.05) is 31.2 Å². The summed E-state index contributed by atoms with van der Waals surface area (Å²) in [5, 5.41) is 3.30. The molecule has 4 heteroatoms. The number of nitrogens with one attached hydrogen (secondary N) is 1. The molecule has 0 saturated carbocycles. The molecule has 2 rings (SSSR count). The van der Waals surface area contributed by atoms with Gasteiger partial charge in [-0.3, -0.25) is 4.79 Å². The monoisotopic (exact) mass is 263 g/mol. The topological polar surface area (TPSA) is 47.6 Å². The molecule has 19 heavy (non-hydrogen) atoms. The molecule has 0 aliphatic carbocycles. The van der Waals surface area contributed by atoms with Gasteiger partial charge in [-0.05, 0) is 24.6 Å². The van der Waals surface area contributed by atoms with Crippen molar-refractivity contribution in [3.63, 3.8) is 0 Å². The molecule has 0 aromatic heterocycles. The van der Waals surface area contributed by atoms with Crippen LogP contribution in [0.15, 0.2) is 24.3 Å². The zero-order chi connectivity index (χ0) is 13.9. The highest BCUT2D eigenvalue weighted by Gasteiger charge is 2.45. The van der Waals surface area contributed by atoms with E-state index >= 15 is 0 Å². The summed E-state index contributed by atoms with van der Waals surface area (Å²) in [4.78, 5) is 12.1. The van der Waals surface area contributed by atoms with Gasteiger partial charge in [-0.25, -0.2) is 0 Å². The van der Waals surface area contributed by atoms with Crippen LogP contribution in [0.2, 0.25) is 0 Å². The summed E-state index contributed by atoms with van der Waals surface area (Å²) in [6.45, 7) is 5.82. The van der Waals surface area contributed by atoms with Gasteiger partial charge in [-0.1, -0.05) is 19.1 Å². The second-order valence-corrected chi connectivity index (χ2v) is 5.08. The molecule has 1 N–H and O–H groups in total. The van der Waals surface area contributed by atoms with Crippen LogP contribution in [0.5, 0.6) is 5.75 Å². The largest absolute Gasteiger partial charge is 0.497 e. The van der Waals surface area contributed by atoms with Crippen LogP contribution < -0.4 is 10.1 Å². The number of ether oxygens (including phenoxy) is 2. The first kappa shape index (κ1) is 13.9. The predicted octanol–water partition coefficient (Wildman–Crippen LogP) is 1.74. The van der Waals surface area contributed by atoms with Crippen LogP contribution in [0.25, 0.3) is 0 Å². The lowest BCUT2D eigenvalue weighted by Gasteiger charge is -2.29. The third-order valence-electron chi connectivity index (χ3n) is 3.93. The van der Waals surface area contributed by atoms with Crippen molar-refractivity contribution in [1.29, 1.82) is 0 Å². The average Bonchev–Trinajstić information content (AvgIpc) is 2.82. The summed E-state index contributed by atoms with van der Waals surface area (Å²) in [5.74, 6) is 0.567. The fraction of sp³-hybridized carbons (Fsp3) is 0.533. The van der Waals surface area contributed by atoms with Gasteiger partial charge in [0, 0.05) is 18.5 Å². The number of esters is 1. The van der Waals surface area contributed by atoms with E-state index in [0.717, 1.165) is 17.9 Å².